The Morgan fingerprint density at radius 2 is 1.30 bits per heavy atom. The number of amides is 2. The lowest BCUT2D eigenvalue weighted by molar-refractivity contribution is -0.668. The fourth-order valence-corrected chi connectivity index (χ4v) is 15.7. The van der Waals surface area contributed by atoms with Gasteiger partial charge in [0.1, 0.15) is 14.5 Å². The Labute approximate surface area is 489 Å². The molecular weight excluding hydrogens is 1310 g/mol. The van der Waals surface area contributed by atoms with E-state index >= 15 is 0 Å². The van der Waals surface area contributed by atoms with E-state index in [0.717, 1.165) is 41.4 Å². The van der Waals surface area contributed by atoms with E-state index in [0.29, 0.717) is 23.5 Å². The van der Waals surface area contributed by atoms with Crippen molar-refractivity contribution in [3.05, 3.63) is 106 Å². The van der Waals surface area contributed by atoms with Crippen molar-refractivity contribution in [2.45, 2.75) is 54.6 Å². The van der Waals surface area contributed by atoms with Crippen LogP contribution in [0.4, 0.5) is 10.8 Å². The molecule has 40 heteroatoms. The number of rotatable bonds is 22. The zero-order valence-corrected chi connectivity index (χ0v) is 50.1. The summed E-state index contributed by atoms with van der Waals surface area (Å²) in [5, 5.41) is 16.5. The molecule has 1 aliphatic heterocycles. The SMILES string of the molecule is NS(=O)(=O)c1nnc(NC(=O)CCNC(=O)c2ccc(C(=CC=C3Sc4c(ccc5c(S(=O)(=O)O)cc(S(=O)(=O)O)cc45)N3CCCS(=O)(=O)O)/C=C/c3sc4c5cc(S(=O)(=O)O)cc(S(=O)(=O)O)c5ccc4[n+]3CCCS(=O)(=O)O)nc2)s1. The van der Waals surface area contributed by atoms with Gasteiger partial charge >= 0.3 is 0 Å². The third kappa shape index (κ3) is 15.2. The van der Waals surface area contributed by atoms with Gasteiger partial charge in [0.05, 0.1) is 43.3 Å². The normalized spacial score (nSPS) is 14.5. The first-order chi connectivity index (χ1) is 38.9. The molecule has 0 fully saturated rings. The minimum absolute atomic E-state index is 0.0449. The van der Waals surface area contributed by atoms with E-state index < -0.39 is 118 Å². The summed E-state index contributed by atoms with van der Waals surface area (Å²) >= 11 is 2.27. The van der Waals surface area contributed by atoms with Gasteiger partial charge in [-0.25, -0.2) is 13.6 Å². The molecule has 0 saturated carbocycles. The number of thioether (sulfide) groups is 1. The van der Waals surface area contributed by atoms with Crippen LogP contribution in [0, 0.1) is 0 Å². The van der Waals surface area contributed by atoms with Crippen LogP contribution in [0.2, 0.25) is 0 Å². The maximum Gasteiger partial charge on any atom is 0.295 e. The number of primary sulfonamides is 1. The van der Waals surface area contributed by atoms with Gasteiger partial charge in [-0.2, -0.15) is 55.1 Å². The number of carbonyl (C=O) groups is 2. The van der Waals surface area contributed by atoms with Crippen LogP contribution < -0.4 is 25.2 Å². The predicted octanol–water partition coefficient (Wildman–Crippen LogP) is 3.24. The van der Waals surface area contributed by atoms with Crippen LogP contribution in [0.25, 0.3) is 43.4 Å². The van der Waals surface area contributed by atoms with Gasteiger partial charge in [-0.05, 0) is 67.1 Å². The van der Waals surface area contributed by atoms with Crippen molar-refractivity contribution in [3.8, 4) is 0 Å². The third-order valence-corrected chi connectivity index (χ3v) is 21.5. The molecule has 0 saturated heterocycles. The molecule has 448 valence electrons. The number of hydrogen-bond acceptors (Lipinski definition) is 23. The average molecular weight is 1350 g/mol. The van der Waals surface area contributed by atoms with E-state index in [4.69, 9.17) is 5.14 Å². The largest absolute Gasteiger partial charge is 0.351 e. The van der Waals surface area contributed by atoms with Crippen molar-refractivity contribution >= 4 is 171 Å². The Bertz CT molecular complexity index is 4840. The quantitative estimate of drug-likeness (QED) is 0.0203. The van der Waals surface area contributed by atoms with Crippen molar-refractivity contribution in [2.75, 3.05) is 34.8 Å². The number of thiazole rings is 1. The van der Waals surface area contributed by atoms with Gasteiger partial charge in [-0.15, -0.1) is 10.2 Å². The van der Waals surface area contributed by atoms with E-state index in [1.165, 1.54) is 70.2 Å². The molecule has 7 aromatic rings. The van der Waals surface area contributed by atoms with E-state index in [1.54, 1.807) is 0 Å². The van der Waals surface area contributed by atoms with Crippen LogP contribution >= 0.6 is 34.4 Å². The number of aryl methyl sites for hydroxylation is 1. The van der Waals surface area contributed by atoms with E-state index in [2.05, 4.69) is 25.8 Å². The number of sulfonamides is 1. The first-order valence-corrected chi connectivity index (χ1v) is 36.1. The molecule has 8 rings (SSSR count). The first-order valence-electron chi connectivity index (χ1n) is 23.2. The summed E-state index contributed by atoms with van der Waals surface area (Å²) in [5.41, 5.74) is 0.664. The topological polar surface area (TPSA) is 490 Å². The van der Waals surface area contributed by atoms with Crippen LogP contribution in [0.15, 0.2) is 119 Å². The lowest BCUT2D eigenvalue weighted by Gasteiger charge is -2.20. The second kappa shape index (κ2) is 23.9. The molecule has 0 spiro atoms. The fourth-order valence-electron chi connectivity index (χ4n) is 8.31. The maximum absolute atomic E-state index is 13.3. The van der Waals surface area contributed by atoms with Crippen molar-refractivity contribution < 1.29 is 100 Å². The van der Waals surface area contributed by atoms with Crippen LogP contribution in [0.5, 0.6) is 0 Å². The van der Waals surface area contributed by atoms with Crippen LogP contribution in [0.3, 0.4) is 0 Å². The van der Waals surface area contributed by atoms with E-state index in [1.807, 2.05) is 0 Å². The number of benzene rings is 4. The van der Waals surface area contributed by atoms with Gasteiger partial charge < -0.3 is 15.5 Å². The second-order valence-corrected chi connectivity index (χ2v) is 31.3. The number of anilines is 2. The number of fused-ring (bicyclic) bond motifs is 6. The number of hydrogen-bond donors (Lipinski definition) is 9. The summed E-state index contributed by atoms with van der Waals surface area (Å²) in [5.74, 6) is -2.91. The summed E-state index contributed by atoms with van der Waals surface area (Å²) in [6.45, 7) is -0.604. The number of pyridine rings is 1. The molecular formula is C44H41N8O22S10+. The first kappa shape index (κ1) is 63.7. The second-order valence-electron chi connectivity index (χ2n) is 17.8. The van der Waals surface area contributed by atoms with E-state index in [9.17, 15) is 95.8 Å². The highest BCUT2D eigenvalue weighted by molar-refractivity contribution is 8.04. The van der Waals surface area contributed by atoms with Gasteiger partial charge in [0.2, 0.25) is 20.9 Å². The number of carbonyl (C=O) groups excluding carboxylic acids is 2. The molecule has 0 bridgehead atoms. The Hall–Kier alpha value is -6.32. The zero-order valence-electron chi connectivity index (χ0n) is 41.9. The summed E-state index contributed by atoms with van der Waals surface area (Å²) in [7, 11) is -33.8. The molecule has 0 aliphatic carbocycles. The van der Waals surface area contributed by atoms with Crippen molar-refractivity contribution in [1.29, 1.82) is 0 Å². The molecule has 4 heterocycles. The highest BCUT2D eigenvalue weighted by Gasteiger charge is 2.32. The minimum Gasteiger partial charge on any atom is -0.351 e. The summed E-state index contributed by atoms with van der Waals surface area (Å²) in [4.78, 5) is 28.4. The molecule has 10 N–H and O–H groups in total. The van der Waals surface area contributed by atoms with Crippen LogP contribution in [-0.4, -0.2) is 138 Å². The maximum atomic E-state index is 13.3. The Morgan fingerprint density at radius 1 is 0.690 bits per heavy atom. The summed E-state index contributed by atoms with van der Waals surface area (Å²) in [6, 6.07) is 10.9. The molecule has 84 heavy (non-hydrogen) atoms. The molecule has 30 nitrogen and oxygen atoms in total. The number of nitrogens with zero attached hydrogens (tertiary/aromatic N) is 5. The Balaban J connectivity index is 1.25. The molecule has 0 radical (unpaired) electrons. The number of nitrogens with two attached hydrogens (primary N) is 1. The highest BCUT2D eigenvalue weighted by atomic mass is 32.3. The Morgan fingerprint density at radius 3 is 1.87 bits per heavy atom. The number of allylic oxidation sites excluding steroid dienone is 4. The highest BCUT2D eigenvalue weighted by Crippen LogP contribution is 2.51. The van der Waals surface area contributed by atoms with Gasteiger partial charge in [0.25, 0.3) is 81.6 Å². The molecule has 4 aromatic carbocycles. The average Bonchev–Trinajstić information content (AvgIpc) is 1.77. The predicted molar refractivity (Wildman–Crippen MR) is 304 cm³/mol. The summed E-state index contributed by atoms with van der Waals surface area (Å²) in [6.07, 6.45) is 6.16. The molecule has 0 atom stereocenters. The monoisotopic (exact) mass is 1350 g/mol. The smallest absolute Gasteiger partial charge is 0.295 e. The minimum atomic E-state index is -5.15. The van der Waals surface area contributed by atoms with E-state index in [-0.39, 0.29) is 113 Å². The zero-order chi connectivity index (χ0) is 61.7. The van der Waals surface area contributed by atoms with Crippen LogP contribution in [-0.2, 0) is 82.1 Å². The van der Waals surface area contributed by atoms with Gasteiger partial charge in [-0.3, -0.25) is 41.9 Å². The molecule has 3 aromatic heterocycles. The lowest BCUT2D eigenvalue weighted by Crippen LogP contribution is -2.36. The van der Waals surface area contributed by atoms with Gasteiger partial charge in [-0.1, -0.05) is 46.6 Å². The summed E-state index contributed by atoms with van der Waals surface area (Å²) < 4.78 is 231. The van der Waals surface area contributed by atoms with Crippen molar-refractivity contribution in [3.63, 3.8) is 0 Å². The molecule has 2 amide bonds. The number of nitrogens with one attached hydrogen (secondary N) is 2. The van der Waals surface area contributed by atoms with Crippen LogP contribution in [0.1, 0.15) is 40.3 Å². The van der Waals surface area contributed by atoms with Crippen molar-refractivity contribution in [2.24, 2.45) is 5.14 Å². The molecule has 1 aliphatic rings. The lowest BCUT2D eigenvalue weighted by atomic mass is 10.1. The third-order valence-electron chi connectivity index (χ3n) is 11.9. The van der Waals surface area contributed by atoms with Crippen molar-refractivity contribution in [1.82, 2.24) is 20.5 Å². The standard InChI is InChI=1S/C44H40N8O22S10/c45-80(61,62)44-50-49-43(77-44)48-37(53)13-14-46-42(54)25-3-8-32(47-23-25)24(4-11-38-51(15-1-17-78(55,56)57)33-9-6-28-30(40(33)75-38)19-26(81(63,64)65)21-35(28)83(69,70)71)5-12-39-52(16-2-18-79(58,59)60)34-10-7-29-31(41(34)76-39)20-27(82(66,67)68)22-36(29)84(72,73)74/h3-12,19-23H,1-2,13-18H2,(H9-,45,46,48,49,53,54,55,56,57,58,59,60,61,62,63,64,65,66,67,68,69,70,71,72,73,74)/p+1. The number of aromatic nitrogens is 4. The molecule has 0 unspecified atom stereocenters. The fraction of sp³-hybridized carbons (Fsp3) is 0.182. The Kier molecular flexibility index (Phi) is 18.1. The van der Waals surface area contributed by atoms with Gasteiger partial charge in [0.15, 0.2) is 6.54 Å². The van der Waals surface area contributed by atoms with Gasteiger partial charge in [0, 0.05) is 76.3 Å².